The van der Waals surface area contributed by atoms with Crippen molar-refractivity contribution in [2.75, 3.05) is 0 Å². The number of ketones is 1. The third-order valence-electron chi connectivity index (χ3n) is 2.70. The van der Waals surface area contributed by atoms with Gasteiger partial charge in [0.05, 0.1) is 0 Å². The van der Waals surface area contributed by atoms with Gasteiger partial charge in [-0.1, -0.05) is 0 Å². The molecule has 0 atom stereocenters. The topological polar surface area (TPSA) is 37.3 Å². The molecule has 0 heterocycles. The Labute approximate surface area is 77.2 Å². The number of Topliss-reactive ketones (excluding diaryl/α,β-unsaturated/α-hetero) is 1. The van der Waals surface area contributed by atoms with Crippen LogP contribution in [-0.2, 0) is 6.42 Å². The Balaban J connectivity index is 2.63. The summed E-state index contributed by atoms with van der Waals surface area (Å²) in [6, 6.07) is 3.34. The Hall–Kier alpha value is -1.31. The van der Waals surface area contributed by atoms with E-state index in [1.165, 1.54) is 0 Å². The van der Waals surface area contributed by atoms with Crippen LogP contribution in [0.15, 0.2) is 12.1 Å². The van der Waals surface area contributed by atoms with Crippen LogP contribution in [0.5, 0.6) is 5.75 Å². The monoisotopic (exact) mass is 176 g/mol. The summed E-state index contributed by atoms with van der Waals surface area (Å²) in [6.45, 7) is 1.87. The largest absolute Gasteiger partial charge is 0.508 e. The SMILES string of the molecule is Cc1c(O)ccc2c1CCCC2=O. The van der Waals surface area contributed by atoms with Gasteiger partial charge in [0.1, 0.15) is 5.75 Å². The molecule has 13 heavy (non-hydrogen) atoms. The predicted octanol–water partition coefficient (Wildman–Crippen LogP) is 2.22. The number of carbonyl (C=O) groups excluding carboxylic acids is 1. The summed E-state index contributed by atoms with van der Waals surface area (Å²) < 4.78 is 0. The van der Waals surface area contributed by atoms with Crippen LogP contribution in [-0.4, -0.2) is 10.9 Å². The molecule has 2 rings (SSSR count). The van der Waals surface area contributed by atoms with Gasteiger partial charge < -0.3 is 5.11 Å². The standard InChI is InChI=1S/C11H12O2/c1-7-8-3-2-4-11(13)9(8)5-6-10(7)12/h5-6,12H,2-4H2,1H3. The van der Waals surface area contributed by atoms with E-state index in [9.17, 15) is 9.90 Å². The molecule has 0 fully saturated rings. The molecule has 0 spiro atoms. The summed E-state index contributed by atoms with van der Waals surface area (Å²) in [5, 5.41) is 9.45. The highest BCUT2D eigenvalue weighted by molar-refractivity contribution is 5.99. The molecule has 1 aliphatic carbocycles. The van der Waals surface area contributed by atoms with Gasteiger partial charge in [-0.15, -0.1) is 0 Å². The van der Waals surface area contributed by atoms with E-state index in [1.54, 1.807) is 12.1 Å². The Morgan fingerprint density at radius 3 is 2.85 bits per heavy atom. The van der Waals surface area contributed by atoms with Crippen LogP contribution >= 0.6 is 0 Å². The van der Waals surface area contributed by atoms with Crippen LogP contribution in [0.1, 0.15) is 34.3 Å². The first-order valence-electron chi connectivity index (χ1n) is 4.55. The highest BCUT2D eigenvalue weighted by atomic mass is 16.3. The van der Waals surface area contributed by atoms with E-state index in [-0.39, 0.29) is 5.78 Å². The van der Waals surface area contributed by atoms with Gasteiger partial charge in [-0.05, 0) is 43.0 Å². The number of fused-ring (bicyclic) bond motifs is 1. The Morgan fingerprint density at radius 1 is 1.31 bits per heavy atom. The molecular weight excluding hydrogens is 164 g/mol. The number of rotatable bonds is 0. The molecule has 0 aliphatic heterocycles. The van der Waals surface area contributed by atoms with Crippen LogP contribution in [0.3, 0.4) is 0 Å². The summed E-state index contributed by atoms with van der Waals surface area (Å²) in [4.78, 5) is 11.5. The lowest BCUT2D eigenvalue weighted by atomic mass is 9.87. The maximum absolute atomic E-state index is 11.5. The first-order valence-corrected chi connectivity index (χ1v) is 4.55. The van der Waals surface area contributed by atoms with Gasteiger partial charge in [0.2, 0.25) is 0 Å². The fourth-order valence-electron chi connectivity index (χ4n) is 1.89. The molecule has 0 unspecified atom stereocenters. The number of phenolic OH excluding ortho intramolecular Hbond substituents is 1. The second-order valence-corrected chi connectivity index (χ2v) is 3.51. The van der Waals surface area contributed by atoms with Crippen molar-refractivity contribution in [1.29, 1.82) is 0 Å². The highest BCUT2D eigenvalue weighted by Crippen LogP contribution is 2.29. The van der Waals surface area contributed by atoms with E-state index in [0.29, 0.717) is 12.2 Å². The van der Waals surface area contributed by atoms with Crippen LogP contribution in [0.2, 0.25) is 0 Å². The molecule has 0 saturated heterocycles. The summed E-state index contributed by atoms with van der Waals surface area (Å²) in [6.07, 6.45) is 2.48. The third-order valence-corrected chi connectivity index (χ3v) is 2.70. The fraction of sp³-hybridized carbons (Fsp3) is 0.364. The van der Waals surface area contributed by atoms with Crippen molar-refractivity contribution in [3.63, 3.8) is 0 Å². The lowest BCUT2D eigenvalue weighted by molar-refractivity contribution is 0.0972. The number of carbonyl (C=O) groups is 1. The minimum absolute atomic E-state index is 0.212. The van der Waals surface area contributed by atoms with Crippen molar-refractivity contribution >= 4 is 5.78 Å². The quantitative estimate of drug-likeness (QED) is 0.658. The van der Waals surface area contributed by atoms with Crippen molar-refractivity contribution in [3.8, 4) is 5.75 Å². The molecule has 1 N–H and O–H groups in total. The normalized spacial score (nSPS) is 15.6. The predicted molar refractivity (Wildman–Crippen MR) is 50.1 cm³/mol. The zero-order valence-electron chi connectivity index (χ0n) is 7.63. The molecule has 2 nitrogen and oxygen atoms in total. The van der Waals surface area contributed by atoms with E-state index < -0.39 is 0 Å². The van der Waals surface area contributed by atoms with Gasteiger partial charge in [0.15, 0.2) is 5.78 Å². The number of benzene rings is 1. The number of aromatic hydroxyl groups is 1. The second-order valence-electron chi connectivity index (χ2n) is 3.51. The molecular formula is C11H12O2. The number of hydrogen-bond donors (Lipinski definition) is 1. The van der Waals surface area contributed by atoms with Gasteiger partial charge in [-0.25, -0.2) is 0 Å². The average molecular weight is 176 g/mol. The molecule has 1 aliphatic rings. The lowest BCUT2D eigenvalue weighted by Gasteiger charge is -2.17. The van der Waals surface area contributed by atoms with E-state index in [2.05, 4.69) is 0 Å². The van der Waals surface area contributed by atoms with E-state index in [1.807, 2.05) is 6.92 Å². The Bertz CT molecular complexity index is 367. The zero-order chi connectivity index (χ0) is 9.42. The minimum atomic E-state index is 0.212. The van der Waals surface area contributed by atoms with Gasteiger partial charge in [0.25, 0.3) is 0 Å². The molecule has 0 amide bonds. The molecule has 1 aromatic rings. The number of phenols is 1. The van der Waals surface area contributed by atoms with Gasteiger partial charge in [-0.3, -0.25) is 4.79 Å². The van der Waals surface area contributed by atoms with Crippen molar-refractivity contribution in [2.24, 2.45) is 0 Å². The second kappa shape index (κ2) is 2.87. The average Bonchev–Trinajstić information content (AvgIpc) is 2.12. The van der Waals surface area contributed by atoms with Crippen molar-refractivity contribution in [3.05, 3.63) is 28.8 Å². The van der Waals surface area contributed by atoms with Gasteiger partial charge in [-0.2, -0.15) is 0 Å². The Kier molecular flexibility index (Phi) is 1.83. The molecule has 0 radical (unpaired) electrons. The van der Waals surface area contributed by atoms with E-state index in [0.717, 1.165) is 29.5 Å². The molecule has 2 heteroatoms. The summed E-state index contributed by atoms with van der Waals surface area (Å²) in [7, 11) is 0. The minimum Gasteiger partial charge on any atom is -0.508 e. The summed E-state index contributed by atoms with van der Waals surface area (Å²) >= 11 is 0. The first kappa shape index (κ1) is 8.30. The maximum atomic E-state index is 11.5. The number of hydrogen-bond acceptors (Lipinski definition) is 2. The maximum Gasteiger partial charge on any atom is 0.163 e. The molecule has 68 valence electrons. The zero-order valence-corrected chi connectivity index (χ0v) is 7.63. The Morgan fingerprint density at radius 2 is 2.08 bits per heavy atom. The lowest BCUT2D eigenvalue weighted by Crippen LogP contribution is -2.11. The van der Waals surface area contributed by atoms with Crippen LogP contribution in [0.4, 0.5) is 0 Å². The fourth-order valence-corrected chi connectivity index (χ4v) is 1.89. The summed E-state index contributed by atoms with van der Waals surface area (Å²) in [5.74, 6) is 0.512. The molecule has 1 aromatic carbocycles. The first-order chi connectivity index (χ1) is 6.20. The van der Waals surface area contributed by atoms with E-state index in [4.69, 9.17) is 0 Å². The van der Waals surface area contributed by atoms with Gasteiger partial charge >= 0.3 is 0 Å². The van der Waals surface area contributed by atoms with Crippen molar-refractivity contribution in [2.45, 2.75) is 26.2 Å². The van der Waals surface area contributed by atoms with Crippen LogP contribution in [0, 0.1) is 6.92 Å². The van der Waals surface area contributed by atoms with Crippen LogP contribution in [0.25, 0.3) is 0 Å². The van der Waals surface area contributed by atoms with Gasteiger partial charge in [0, 0.05) is 12.0 Å². The summed E-state index contributed by atoms with van der Waals surface area (Å²) in [5.41, 5.74) is 2.71. The molecule has 0 saturated carbocycles. The third kappa shape index (κ3) is 1.22. The van der Waals surface area contributed by atoms with E-state index >= 15 is 0 Å². The highest BCUT2D eigenvalue weighted by Gasteiger charge is 2.19. The smallest absolute Gasteiger partial charge is 0.163 e. The van der Waals surface area contributed by atoms with Crippen LogP contribution < -0.4 is 0 Å². The van der Waals surface area contributed by atoms with Crippen molar-refractivity contribution < 1.29 is 9.90 Å². The molecule has 0 aromatic heterocycles. The van der Waals surface area contributed by atoms with Crippen molar-refractivity contribution in [1.82, 2.24) is 0 Å². The molecule has 0 bridgehead atoms.